The highest BCUT2D eigenvalue weighted by Crippen LogP contribution is 2.38. The number of hydrogen-bond acceptors (Lipinski definition) is 5. The molecule has 0 spiro atoms. The molecular formula is C15H24N4O2. The first-order valence-electron chi connectivity index (χ1n) is 7.55. The van der Waals surface area contributed by atoms with Gasteiger partial charge in [0.25, 0.3) is 0 Å². The Morgan fingerprint density at radius 2 is 2.10 bits per heavy atom. The predicted octanol–water partition coefficient (Wildman–Crippen LogP) is 3.29. The van der Waals surface area contributed by atoms with Crippen LogP contribution < -0.4 is 16.2 Å². The quantitative estimate of drug-likeness (QED) is 0.477. The van der Waals surface area contributed by atoms with E-state index in [9.17, 15) is 10.1 Å². The summed E-state index contributed by atoms with van der Waals surface area (Å²) in [7, 11) is 0. The van der Waals surface area contributed by atoms with Crippen molar-refractivity contribution in [3.8, 4) is 0 Å². The van der Waals surface area contributed by atoms with Gasteiger partial charge in [0.2, 0.25) is 0 Å². The van der Waals surface area contributed by atoms with E-state index in [1.807, 2.05) is 12.1 Å². The molecule has 0 atom stereocenters. The Morgan fingerprint density at radius 3 is 2.62 bits per heavy atom. The highest BCUT2D eigenvalue weighted by atomic mass is 16.6. The van der Waals surface area contributed by atoms with E-state index in [4.69, 9.17) is 5.84 Å². The van der Waals surface area contributed by atoms with E-state index in [0.29, 0.717) is 23.3 Å². The summed E-state index contributed by atoms with van der Waals surface area (Å²) < 4.78 is 0. The lowest BCUT2D eigenvalue weighted by atomic mass is 10.1. The molecule has 0 unspecified atom stereocenters. The number of nitro groups is 1. The number of nitro benzene ring substituents is 1. The van der Waals surface area contributed by atoms with Gasteiger partial charge in [-0.15, -0.1) is 0 Å². The second-order valence-electron chi connectivity index (χ2n) is 6.06. The molecule has 0 radical (unpaired) electrons. The molecule has 21 heavy (non-hydrogen) atoms. The number of nitrogen functional groups attached to an aromatic ring is 1. The lowest BCUT2D eigenvalue weighted by Gasteiger charge is -2.32. The highest BCUT2D eigenvalue weighted by molar-refractivity contribution is 5.77. The van der Waals surface area contributed by atoms with E-state index in [2.05, 4.69) is 24.2 Å². The monoisotopic (exact) mass is 292 g/mol. The zero-order chi connectivity index (χ0) is 15.4. The molecule has 1 aromatic carbocycles. The second kappa shape index (κ2) is 6.76. The molecule has 6 nitrogen and oxygen atoms in total. The van der Waals surface area contributed by atoms with Gasteiger partial charge in [-0.25, -0.2) is 0 Å². The minimum absolute atomic E-state index is 0.0764. The first-order valence-corrected chi connectivity index (χ1v) is 7.55. The first kappa shape index (κ1) is 15.6. The number of nitrogens with two attached hydrogens (primary N) is 1. The minimum atomic E-state index is -0.340. The Bertz CT molecular complexity index is 498. The van der Waals surface area contributed by atoms with E-state index in [1.165, 1.54) is 12.8 Å². The number of nitrogens with one attached hydrogen (secondary N) is 1. The Labute approximate surface area is 125 Å². The van der Waals surface area contributed by atoms with Gasteiger partial charge in [-0.3, -0.25) is 16.0 Å². The molecule has 3 N–H and O–H groups in total. The highest BCUT2D eigenvalue weighted by Gasteiger charge is 2.30. The molecule has 1 aliphatic carbocycles. The Kier molecular flexibility index (Phi) is 5.01. The molecule has 1 fully saturated rings. The van der Waals surface area contributed by atoms with E-state index in [1.54, 1.807) is 6.07 Å². The number of hydrazine groups is 1. The van der Waals surface area contributed by atoms with Crippen LogP contribution in [-0.2, 0) is 0 Å². The topological polar surface area (TPSA) is 84.4 Å². The van der Waals surface area contributed by atoms with Crippen molar-refractivity contribution in [2.45, 2.75) is 45.6 Å². The van der Waals surface area contributed by atoms with E-state index in [-0.39, 0.29) is 10.6 Å². The van der Waals surface area contributed by atoms with Crippen LogP contribution in [0.1, 0.15) is 39.5 Å². The van der Waals surface area contributed by atoms with Crippen LogP contribution >= 0.6 is 0 Å². The average Bonchev–Trinajstić information content (AvgIpc) is 2.97. The summed E-state index contributed by atoms with van der Waals surface area (Å²) in [5, 5.41) is 11.5. The van der Waals surface area contributed by atoms with Gasteiger partial charge in [-0.1, -0.05) is 32.8 Å². The van der Waals surface area contributed by atoms with Crippen molar-refractivity contribution in [1.29, 1.82) is 0 Å². The van der Waals surface area contributed by atoms with Crippen molar-refractivity contribution in [1.82, 2.24) is 0 Å². The van der Waals surface area contributed by atoms with Gasteiger partial charge in [0.05, 0.1) is 4.92 Å². The molecule has 2 rings (SSSR count). The molecule has 0 amide bonds. The number of hydrogen-bond donors (Lipinski definition) is 2. The molecular weight excluding hydrogens is 268 g/mol. The SMILES string of the molecule is CC(C)CN(c1cccc(NN)c1[N+](=O)[O-])C1CCCC1. The number of benzene rings is 1. The lowest BCUT2D eigenvalue weighted by molar-refractivity contribution is -0.383. The normalized spacial score (nSPS) is 15.4. The van der Waals surface area contributed by atoms with Crippen molar-refractivity contribution >= 4 is 17.1 Å². The van der Waals surface area contributed by atoms with E-state index < -0.39 is 0 Å². The summed E-state index contributed by atoms with van der Waals surface area (Å²) in [5.41, 5.74) is 3.57. The molecule has 116 valence electrons. The average molecular weight is 292 g/mol. The molecule has 0 aliphatic heterocycles. The fraction of sp³-hybridized carbons (Fsp3) is 0.600. The van der Waals surface area contributed by atoms with Gasteiger partial charge in [-0.2, -0.15) is 0 Å². The van der Waals surface area contributed by atoms with Crippen LogP contribution in [0.4, 0.5) is 17.1 Å². The number of nitrogens with zero attached hydrogens (tertiary/aromatic N) is 2. The Hall–Kier alpha value is -1.82. The van der Waals surface area contributed by atoms with Crippen LogP contribution in [0, 0.1) is 16.0 Å². The lowest BCUT2D eigenvalue weighted by Crippen LogP contribution is -2.36. The summed E-state index contributed by atoms with van der Waals surface area (Å²) in [6.45, 7) is 5.09. The van der Waals surface area contributed by atoms with Gasteiger partial charge in [-0.05, 0) is 30.9 Å². The number of para-hydroxylation sites is 1. The van der Waals surface area contributed by atoms with Gasteiger partial charge in [0.15, 0.2) is 0 Å². The van der Waals surface area contributed by atoms with Crippen LogP contribution in [0.5, 0.6) is 0 Å². The maximum atomic E-state index is 11.5. The fourth-order valence-electron chi connectivity index (χ4n) is 3.12. The zero-order valence-electron chi connectivity index (χ0n) is 12.7. The Morgan fingerprint density at radius 1 is 1.43 bits per heavy atom. The first-order chi connectivity index (χ1) is 10.0. The maximum absolute atomic E-state index is 11.5. The van der Waals surface area contributed by atoms with Crippen molar-refractivity contribution in [2.75, 3.05) is 16.9 Å². The van der Waals surface area contributed by atoms with Crippen molar-refractivity contribution in [2.24, 2.45) is 11.8 Å². The van der Waals surface area contributed by atoms with Gasteiger partial charge >= 0.3 is 5.69 Å². The van der Waals surface area contributed by atoms with E-state index >= 15 is 0 Å². The fourth-order valence-corrected chi connectivity index (χ4v) is 3.12. The van der Waals surface area contributed by atoms with Gasteiger partial charge in [0.1, 0.15) is 11.4 Å². The van der Waals surface area contributed by atoms with Gasteiger partial charge in [0, 0.05) is 12.6 Å². The molecule has 1 aliphatic rings. The smallest absolute Gasteiger partial charge is 0.316 e. The van der Waals surface area contributed by atoms with Crippen molar-refractivity contribution in [3.05, 3.63) is 28.3 Å². The van der Waals surface area contributed by atoms with Gasteiger partial charge < -0.3 is 10.3 Å². The summed E-state index contributed by atoms with van der Waals surface area (Å²) in [6.07, 6.45) is 4.60. The third kappa shape index (κ3) is 3.44. The van der Waals surface area contributed by atoms with E-state index in [0.717, 1.165) is 19.4 Å². The largest absolute Gasteiger partial charge is 0.363 e. The standard InChI is InChI=1S/C15H24N4O2/c1-11(2)10-18(12-6-3-4-7-12)14-9-5-8-13(17-16)15(14)19(20)21/h5,8-9,11-12,17H,3-4,6-7,10,16H2,1-2H3. The van der Waals surface area contributed by atoms with Crippen molar-refractivity contribution in [3.63, 3.8) is 0 Å². The van der Waals surface area contributed by atoms with Crippen LogP contribution in [0.3, 0.4) is 0 Å². The summed E-state index contributed by atoms with van der Waals surface area (Å²) in [4.78, 5) is 13.4. The molecule has 6 heteroatoms. The Balaban J connectivity index is 2.45. The number of anilines is 2. The molecule has 1 saturated carbocycles. The molecule has 0 aromatic heterocycles. The minimum Gasteiger partial charge on any atom is -0.363 e. The maximum Gasteiger partial charge on any atom is 0.316 e. The molecule has 0 heterocycles. The number of rotatable bonds is 6. The summed E-state index contributed by atoms with van der Waals surface area (Å²) in [6, 6.07) is 5.68. The van der Waals surface area contributed by atoms with Crippen LogP contribution in [0.25, 0.3) is 0 Å². The summed E-state index contributed by atoms with van der Waals surface area (Å²) in [5.74, 6) is 5.88. The van der Waals surface area contributed by atoms with Crippen molar-refractivity contribution < 1.29 is 4.92 Å². The van der Waals surface area contributed by atoms with Crippen LogP contribution in [-0.4, -0.2) is 17.5 Å². The van der Waals surface area contributed by atoms with Crippen LogP contribution in [0.2, 0.25) is 0 Å². The third-order valence-corrected chi connectivity index (χ3v) is 3.99. The second-order valence-corrected chi connectivity index (χ2v) is 6.06. The predicted molar refractivity (Wildman–Crippen MR) is 85.3 cm³/mol. The zero-order valence-corrected chi connectivity index (χ0v) is 12.7. The molecule has 1 aromatic rings. The molecule has 0 bridgehead atoms. The summed E-state index contributed by atoms with van der Waals surface area (Å²) >= 11 is 0. The molecule has 0 saturated heterocycles. The third-order valence-electron chi connectivity index (χ3n) is 3.99. The van der Waals surface area contributed by atoms with Crippen LogP contribution in [0.15, 0.2) is 18.2 Å².